The number of carbonyl (C=O) groups is 1. The second-order valence-corrected chi connectivity index (χ2v) is 15.1. The van der Waals surface area contributed by atoms with Crippen molar-refractivity contribution in [3.05, 3.63) is 76.5 Å². The second kappa shape index (κ2) is 13.4. The number of amides is 1. The van der Waals surface area contributed by atoms with Crippen molar-refractivity contribution in [1.82, 2.24) is 29.6 Å². The molecule has 0 saturated heterocycles. The van der Waals surface area contributed by atoms with E-state index in [0.29, 0.717) is 13.0 Å². The van der Waals surface area contributed by atoms with Gasteiger partial charge in [-0.2, -0.15) is 4.31 Å². The predicted molar refractivity (Wildman–Crippen MR) is 173 cm³/mol. The van der Waals surface area contributed by atoms with Gasteiger partial charge in [0.25, 0.3) is 0 Å². The van der Waals surface area contributed by atoms with Crippen molar-refractivity contribution < 1.29 is 26.4 Å². The van der Waals surface area contributed by atoms with Crippen LogP contribution in [0.15, 0.2) is 53.6 Å². The first-order valence-electron chi connectivity index (χ1n) is 15.1. The first-order valence-corrected chi connectivity index (χ1v) is 18.3. The smallest absolute Gasteiger partial charge is 0.248 e. The fourth-order valence-corrected chi connectivity index (χ4v) is 7.65. The SMILES string of the molecule is CC[C@@H]1CN(Cc2cc(C(CC(=O)NCCS(N)(=O)=O)c3ccc4c(nnn4CC)c3C)ccc2C)S(=O)(=O)c2cccnc2O1. The maximum atomic E-state index is 13.8. The third-order valence-corrected chi connectivity index (χ3v) is 11.0. The van der Waals surface area contributed by atoms with E-state index < -0.39 is 26.0 Å². The van der Waals surface area contributed by atoms with Crippen molar-refractivity contribution in [1.29, 1.82) is 0 Å². The first kappa shape index (κ1) is 33.4. The van der Waals surface area contributed by atoms with Crippen LogP contribution in [-0.2, 0) is 37.9 Å². The van der Waals surface area contributed by atoms with Gasteiger partial charge in [0.1, 0.15) is 16.5 Å². The molecular formula is C31H39N7O6S2. The number of aromatic nitrogens is 4. The second-order valence-electron chi connectivity index (χ2n) is 11.5. The summed E-state index contributed by atoms with van der Waals surface area (Å²) in [5.41, 5.74) is 5.78. The van der Waals surface area contributed by atoms with Crippen molar-refractivity contribution in [2.24, 2.45) is 5.14 Å². The third-order valence-electron chi connectivity index (χ3n) is 8.37. The lowest BCUT2D eigenvalue weighted by molar-refractivity contribution is -0.121. The van der Waals surface area contributed by atoms with Crippen molar-refractivity contribution in [3.8, 4) is 5.88 Å². The number of hydrogen-bond acceptors (Lipinski definition) is 9. The van der Waals surface area contributed by atoms with E-state index in [2.05, 4.69) is 20.6 Å². The molecular weight excluding hydrogens is 631 g/mol. The summed E-state index contributed by atoms with van der Waals surface area (Å²) in [7, 11) is -7.67. The van der Waals surface area contributed by atoms with Gasteiger partial charge in [0.05, 0.1) is 17.8 Å². The molecule has 13 nitrogen and oxygen atoms in total. The van der Waals surface area contributed by atoms with Crippen LogP contribution in [0, 0.1) is 13.8 Å². The fraction of sp³-hybridized carbons (Fsp3) is 0.419. The average Bonchev–Trinajstić information content (AvgIpc) is 3.40. The number of nitrogens with zero attached hydrogens (tertiary/aromatic N) is 5. The molecule has 46 heavy (non-hydrogen) atoms. The van der Waals surface area contributed by atoms with E-state index in [1.54, 1.807) is 10.7 Å². The van der Waals surface area contributed by atoms with Gasteiger partial charge in [-0.1, -0.05) is 36.4 Å². The van der Waals surface area contributed by atoms with Gasteiger partial charge in [0.15, 0.2) is 0 Å². The zero-order chi connectivity index (χ0) is 33.2. The maximum Gasteiger partial charge on any atom is 0.248 e. The normalized spacial score (nSPS) is 17.2. The Bertz CT molecular complexity index is 1980. The number of nitrogens with one attached hydrogen (secondary N) is 1. The monoisotopic (exact) mass is 669 g/mol. The number of nitrogens with two attached hydrogens (primary N) is 1. The van der Waals surface area contributed by atoms with E-state index in [1.807, 2.05) is 58.0 Å². The van der Waals surface area contributed by atoms with E-state index in [0.717, 1.165) is 38.9 Å². The van der Waals surface area contributed by atoms with E-state index in [-0.39, 0.29) is 54.6 Å². The number of primary sulfonamides is 1. The predicted octanol–water partition coefficient (Wildman–Crippen LogP) is 2.75. The topological polar surface area (TPSA) is 179 Å². The minimum atomic E-state index is -3.93. The van der Waals surface area contributed by atoms with Gasteiger partial charge in [-0.3, -0.25) is 4.79 Å². The highest BCUT2D eigenvalue weighted by Crippen LogP contribution is 2.36. The quantitative estimate of drug-likeness (QED) is 0.243. The maximum absolute atomic E-state index is 13.8. The molecule has 0 aliphatic carbocycles. The van der Waals surface area contributed by atoms with Crippen LogP contribution >= 0.6 is 0 Å². The Morgan fingerprint density at radius 2 is 1.96 bits per heavy atom. The van der Waals surface area contributed by atoms with Crippen LogP contribution in [0.3, 0.4) is 0 Å². The Hall–Kier alpha value is -3.92. The van der Waals surface area contributed by atoms with Gasteiger partial charge < -0.3 is 10.1 Å². The summed E-state index contributed by atoms with van der Waals surface area (Å²) in [6.07, 6.45) is 1.73. The molecule has 0 bridgehead atoms. The number of rotatable bonds is 11. The van der Waals surface area contributed by atoms with Crippen molar-refractivity contribution in [2.45, 2.75) is 70.5 Å². The molecule has 2 aromatic carbocycles. The molecule has 2 aromatic heterocycles. The first-order chi connectivity index (χ1) is 21.8. The standard InChI is InChI=1S/C31H39N7O6S2/c1-5-24-19-37(46(42,43)28-8-7-13-34-31(28)44-24)18-23-16-22(10-9-20(23)3)26(17-29(39)33-14-15-45(32,40)41)25-11-12-27-30(21(25)4)35-36-38(27)6-2/h7-13,16,24,26H,5-6,14-15,17-19H2,1-4H3,(H,33,39)(H2,32,40,41)/t24-,26?/m1/s1. The van der Waals surface area contributed by atoms with Crippen LogP contribution in [0.1, 0.15) is 60.4 Å². The fourth-order valence-electron chi connectivity index (χ4n) is 5.74. The number of hydrogen-bond donors (Lipinski definition) is 2. The summed E-state index contributed by atoms with van der Waals surface area (Å²) in [6.45, 7) is 8.55. The number of carbonyl (C=O) groups excluding carboxylic acids is 1. The van der Waals surface area contributed by atoms with Crippen LogP contribution < -0.4 is 15.2 Å². The summed E-state index contributed by atoms with van der Waals surface area (Å²) in [5, 5.41) is 16.4. The van der Waals surface area contributed by atoms with Crippen molar-refractivity contribution in [3.63, 3.8) is 0 Å². The lowest BCUT2D eigenvalue weighted by Gasteiger charge is -2.25. The van der Waals surface area contributed by atoms with Gasteiger partial charge in [0, 0.05) is 38.2 Å². The molecule has 1 unspecified atom stereocenters. The van der Waals surface area contributed by atoms with E-state index in [9.17, 15) is 21.6 Å². The lowest BCUT2D eigenvalue weighted by Crippen LogP contribution is -2.36. The molecule has 5 rings (SSSR count). The summed E-state index contributed by atoms with van der Waals surface area (Å²) < 4.78 is 59.8. The number of fused-ring (bicyclic) bond motifs is 2. The van der Waals surface area contributed by atoms with Crippen LogP contribution in [0.5, 0.6) is 5.88 Å². The van der Waals surface area contributed by atoms with Crippen LogP contribution in [-0.4, -0.2) is 72.0 Å². The molecule has 3 N–H and O–H groups in total. The summed E-state index contributed by atoms with van der Waals surface area (Å²) in [4.78, 5) is 17.4. The molecule has 1 aliphatic heterocycles. The zero-order valence-corrected chi connectivity index (χ0v) is 27.9. The molecule has 0 radical (unpaired) electrons. The minimum Gasteiger partial charge on any atom is -0.472 e. The van der Waals surface area contributed by atoms with Crippen LogP contribution in [0.2, 0.25) is 0 Å². The Morgan fingerprint density at radius 1 is 1.17 bits per heavy atom. The Labute approximate surface area is 269 Å². The number of benzene rings is 2. The molecule has 0 saturated carbocycles. The Morgan fingerprint density at radius 3 is 2.67 bits per heavy atom. The number of aryl methyl sites for hydroxylation is 3. The zero-order valence-electron chi connectivity index (χ0n) is 26.3. The van der Waals surface area contributed by atoms with Crippen LogP contribution in [0.4, 0.5) is 0 Å². The molecule has 1 aliphatic rings. The molecule has 2 atom stereocenters. The Kier molecular flexibility index (Phi) is 9.77. The van der Waals surface area contributed by atoms with Gasteiger partial charge >= 0.3 is 0 Å². The number of pyridine rings is 1. The Balaban J connectivity index is 1.54. The molecule has 246 valence electrons. The molecule has 4 aromatic rings. The molecule has 0 fully saturated rings. The van der Waals surface area contributed by atoms with Crippen molar-refractivity contribution >= 4 is 37.0 Å². The summed E-state index contributed by atoms with van der Waals surface area (Å²) >= 11 is 0. The lowest BCUT2D eigenvalue weighted by atomic mass is 9.84. The van der Waals surface area contributed by atoms with E-state index in [1.165, 1.54) is 16.6 Å². The largest absolute Gasteiger partial charge is 0.472 e. The average molecular weight is 670 g/mol. The molecule has 1 amide bonds. The number of sulfonamides is 2. The van der Waals surface area contributed by atoms with E-state index in [4.69, 9.17) is 9.88 Å². The highest BCUT2D eigenvalue weighted by Gasteiger charge is 2.35. The van der Waals surface area contributed by atoms with Crippen molar-refractivity contribution in [2.75, 3.05) is 18.8 Å². The molecule has 15 heteroatoms. The van der Waals surface area contributed by atoms with E-state index >= 15 is 0 Å². The molecule has 0 spiro atoms. The third kappa shape index (κ3) is 7.07. The highest BCUT2D eigenvalue weighted by molar-refractivity contribution is 7.89. The van der Waals surface area contributed by atoms with Gasteiger partial charge in [-0.25, -0.2) is 31.6 Å². The van der Waals surface area contributed by atoms with Crippen LogP contribution in [0.25, 0.3) is 11.0 Å². The summed E-state index contributed by atoms with van der Waals surface area (Å²) in [5.74, 6) is -1.09. The van der Waals surface area contributed by atoms with Gasteiger partial charge in [-0.15, -0.1) is 5.10 Å². The highest BCUT2D eigenvalue weighted by atomic mass is 32.2. The van der Waals surface area contributed by atoms with Gasteiger partial charge in [0.2, 0.25) is 31.8 Å². The number of ether oxygens (including phenoxy) is 1. The molecule has 3 heterocycles. The summed E-state index contributed by atoms with van der Waals surface area (Å²) in [6, 6.07) is 12.8. The van der Waals surface area contributed by atoms with Gasteiger partial charge in [-0.05, 0) is 73.2 Å². The minimum absolute atomic E-state index is 0.00812.